The molecule has 1 aromatic rings. The normalized spacial score (nSPS) is 13.1. The molecule has 0 fully saturated rings. The minimum Gasteiger partial charge on any atom is -0.383 e. The lowest BCUT2D eigenvalue weighted by molar-refractivity contribution is 0.161. The molecule has 19 heavy (non-hydrogen) atoms. The fraction of sp³-hybridized carbons (Fsp3) is 0.800. The summed E-state index contributed by atoms with van der Waals surface area (Å²) in [6.45, 7) is 8.21. The minimum atomic E-state index is 0.424. The van der Waals surface area contributed by atoms with E-state index < -0.39 is 0 Å². The van der Waals surface area contributed by atoms with E-state index in [9.17, 15) is 0 Å². The first kappa shape index (κ1) is 16.2. The van der Waals surface area contributed by atoms with Gasteiger partial charge in [-0.3, -0.25) is 4.68 Å². The lowest BCUT2D eigenvalue weighted by Gasteiger charge is -2.16. The van der Waals surface area contributed by atoms with Crippen molar-refractivity contribution in [2.75, 3.05) is 13.7 Å². The molecule has 0 amide bonds. The van der Waals surface area contributed by atoms with Crippen molar-refractivity contribution in [1.29, 1.82) is 0 Å². The van der Waals surface area contributed by atoms with Gasteiger partial charge in [-0.2, -0.15) is 5.10 Å². The summed E-state index contributed by atoms with van der Waals surface area (Å²) in [6, 6.07) is 3.06. The van der Waals surface area contributed by atoms with Gasteiger partial charge in [0.05, 0.1) is 18.3 Å². The van der Waals surface area contributed by atoms with E-state index in [1.807, 2.05) is 0 Å². The lowest BCUT2D eigenvalue weighted by atomic mass is 10.2. The first-order valence-corrected chi connectivity index (χ1v) is 7.51. The summed E-state index contributed by atoms with van der Waals surface area (Å²) < 4.78 is 7.33. The lowest BCUT2D eigenvalue weighted by Crippen LogP contribution is -2.32. The van der Waals surface area contributed by atoms with Gasteiger partial charge in [0.2, 0.25) is 0 Å². The third-order valence-corrected chi connectivity index (χ3v) is 3.56. The van der Waals surface area contributed by atoms with E-state index in [2.05, 4.69) is 48.1 Å². The molecule has 0 aliphatic rings. The molecule has 0 aliphatic heterocycles. The molecule has 1 N–H and O–H groups in total. The van der Waals surface area contributed by atoms with Gasteiger partial charge in [0.25, 0.3) is 0 Å². The Bertz CT molecular complexity index is 328. The number of hydrogen-bond donors (Lipinski definition) is 1. The van der Waals surface area contributed by atoms with Crippen molar-refractivity contribution in [2.45, 2.75) is 65.1 Å². The van der Waals surface area contributed by atoms with Crippen LogP contribution in [0.5, 0.6) is 0 Å². The number of methoxy groups -OCH3 is 1. The maximum atomic E-state index is 5.24. The zero-order valence-electron chi connectivity index (χ0n) is 12.9. The fourth-order valence-electron chi connectivity index (χ4n) is 2.38. The molecule has 4 nitrogen and oxygen atoms in total. The van der Waals surface area contributed by atoms with E-state index >= 15 is 0 Å². The number of nitrogens with zero attached hydrogens (tertiary/aromatic N) is 2. The molecule has 1 unspecified atom stereocenters. The molecule has 0 spiro atoms. The SMILES string of the molecule is CCCC(COC)NCc1ccn(C(CC)CC)n1. The summed E-state index contributed by atoms with van der Waals surface area (Å²) in [4.78, 5) is 0. The highest BCUT2D eigenvalue weighted by molar-refractivity contribution is 4.99. The van der Waals surface area contributed by atoms with E-state index in [0.29, 0.717) is 12.1 Å². The zero-order valence-corrected chi connectivity index (χ0v) is 12.9. The first-order chi connectivity index (χ1) is 9.24. The van der Waals surface area contributed by atoms with Gasteiger partial charge in [-0.1, -0.05) is 27.2 Å². The third kappa shape index (κ3) is 5.33. The second-order valence-electron chi connectivity index (χ2n) is 5.08. The minimum absolute atomic E-state index is 0.424. The quantitative estimate of drug-likeness (QED) is 0.708. The largest absolute Gasteiger partial charge is 0.383 e. The second-order valence-corrected chi connectivity index (χ2v) is 5.08. The summed E-state index contributed by atoms with van der Waals surface area (Å²) in [6.07, 6.45) is 6.67. The van der Waals surface area contributed by atoms with E-state index in [-0.39, 0.29) is 0 Å². The van der Waals surface area contributed by atoms with Crippen LogP contribution in [0.3, 0.4) is 0 Å². The van der Waals surface area contributed by atoms with Crippen LogP contribution in [0.4, 0.5) is 0 Å². The standard InChI is InChI=1S/C15H29N3O/c1-5-8-14(12-19-4)16-11-13-9-10-18(17-13)15(6-2)7-3/h9-10,14-16H,5-8,11-12H2,1-4H3. The molecule has 1 aromatic heterocycles. The molecule has 1 heterocycles. The second kappa shape index (κ2) is 9.10. The monoisotopic (exact) mass is 267 g/mol. The Kier molecular flexibility index (Phi) is 7.75. The summed E-state index contributed by atoms with van der Waals surface area (Å²) in [5.41, 5.74) is 1.11. The van der Waals surface area contributed by atoms with Crippen molar-refractivity contribution in [3.05, 3.63) is 18.0 Å². The van der Waals surface area contributed by atoms with E-state index in [0.717, 1.165) is 38.1 Å². The van der Waals surface area contributed by atoms with Gasteiger partial charge in [0.1, 0.15) is 0 Å². The van der Waals surface area contributed by atoms with Gasteiger partial charge in [0, 0.05) is 25.9 Å². The van der Waals surface area contributed by atoms with Crippen LogP contribution in [-0.2, 0) is 11.3 Å². The van der Waals surface area contributed by atoms with Gasteiger partial charge in [-0.25, -0.2) is 0 Å². The maximum absolute atomic E-state index is 5.24. The first-order valence-electron chi connectivity index (χ1n) is 7.51. The molecule has 0 radical (unpaired) electrons. The van der Waals surface area contributed by atoms with Crippen LogP contribution in [0.15, 0.2) is 12.3 Å². The molecule has 1 atom stereocenters. The molecular weight excluding hydrogens is 238 g/mol. The number of ether oxygens (including phenoxy) is 1. The number of aromatic nitrogens is 2. The van der Waals surface area contributed by atoms with Crippen molar-refractivity contribution in [3.63, 3.8) is 0 Å². The summed E-state index contributed by atoms with van der Waals surface area (Å²) in [5.74, 6) is 0. The smallest absolute Gasteiger partial charge is 0.0762 e. The van der Waals surface area contributed by atoms with Crippen LogP contribution < -0.4 is 5.32 Å². The summed E-state index contributed by atoms with van der Waals surface area (Å²) in [5, 5.41) is 8.18. The molecule has 0 aliphatic carbocycles. The molecule has 1 rings (SSSR count). The topological polar surface area (TPSA) is 39.1 Å². The Morgan fingerprint density at radius 3 is 2.63 bits per heavy atom. The Hall–Kier alpha value is -0.870. The summed E-state index contributed by atoms with van der Waals surface area (Å²) >= 11 is 0. The molecule has 0 bridgehead atoms. The molecule has 110 valence electrons. The Labute approximate surface area is 117 Å². The van der Waals surface area contributed by atoms with Crippen LogP contribution in [0, 0.1) is 0 Å². The predicted molar refractivity (Wildman–Crippen MR) is 79.3 cm³/mol. The molecular formula is C15H29N3O. The summed E-state index contributed by atoms with van der Waals surface area (Å²) in [7, 11) is 1.76. The zero-order chi connectivity index (χ0) is 14.1. The number of hydrogen-bond acceptors (Lipinski definition) is 3. The van der Waals surface area contributed by atoms with Crippen molar-refractivity contribution in [3.8, 4) is 0 Å². The molecule has 0 saturated carbocycles. The van der Waals surface area contributed by atoms with Crippen molar-refractivity contribution >= 4 is 0 Å². The highest BCUT2D eigenvalue weighted by atomic mass is 16.5. The predicted octanol–water partition coefficient (Wildman–Crippen LogP) is 3.15. The van der Waals surface area contributed by atoms with Gasteiger partial charge in [-0.15, -0.1) is 0 Å². The van der Waals surface area contributed by atoms with E-state index in [1.54, 1.807) is 7.11 Å². The van der Waals surface area contributed by atoms with Crippen LogP contribution in [0.25, 0.3) is 0 Å². The number of nitrogens with one attached hydrogen (secondary N) is 1. The molecule has 0 aromatic carbocycles. The van der Waals surface area contributed by atoms with Crippen LogP contribution in [0.2, 0.25) is 0 Å². The van der Waals surface area contributed by atoms with Crippen LogP contribution in [0.1, 0.15) is 58.2 Å². The van der Waals surface area contributed by atoms with Crippen molar-refractivity contribution in [1.82, 2.24) is 15.1 Å². The molecule has 4 heteroatoms. The van der Waals surface area contributed by atoms with E-state index in [4.69, 9.17) is 4.74 Å². The van der Waals surface area contributed by atoms with Crippen LogP contribution >= 0.6 is 0 Å². The van der Waals surface area contributed by atoms with Gasteiger partial charge in [-0.05, 0) is 25.3 Å². The van der Waals surface area contributed by atoms with Gasteiger partial charge < -0.3 is 10.1 Å². The number of rotatable bonds is 10. The Morgan fingerprint density at radius 2 is 2.05 bits per heavy atom. The highest BCUT2D eigenvalue weighted by Crippen LogP contribution is 2.14. The van der Waals surface area contributed by atoms with E-state index in [1.165, 1.54) is 6.42 Å². The average molecular weight is 267 g/mol. The highest BCUT2D eigenvalue weighted by Gasteiger charge is 2.10. The van der Waals surface area contributed by atoms with Gasteiger partial charge >= 0.3 is 0 Å². The van der Waals surface area contributed by atoms with Crippen molar-refractivity contribution < 1.29 is 4.74 Å². The van der Waals surface area contributed by atoms with Gasteiger partial charge in [0.15, 0.2) is 0 Å². The fourth-order valence-corrected chi connectivity index (χ4v) is 2.38. The average Bonchev–Trinajstić information content (AvgIpc) is 2.87. The van der Waals surface area contributed by atoms with Crippen molar-refractivity contribution in [2.24, 2.45) is 0 Å². The Balaban J connectivity index is 2.48. The van der Waals surface area contributed by atoms with Crippen LogP contribution in [-0.4, -0.2) is 29.5 Å². The third-order valence-electron chi connectivity index (χ3n) is 3.56. The maximum Gasteiger partial charge on any atom is 0.0762 e. The Morgan fingerprint density at radius 1 is 1.32 bits per heavy atom. The molecule has 0 saturated heterocycles.